The standard InChI is InChI=1S/C19H19FN2O3/c1-22(2)19(24)13-25-17-10-8-16(9-11-17)21-18(23)12-5-14-3-6-15(20)7-4-14/h3-12H,13H2,1-2H3,(H,21,23)/b12-5+. The molecular weight excluding hydrogens is 323 g/mol. The zero-order valence-electron chi connectivity index (χ0n) is 14.0. The van der Waals surface area contributed by atoms with Crippen LogP contribution in [0.25, 0.3) is 6.08 Å². The molecule has 0 aliphatic carbocycles. The number of rotatable bonds is 6. The molecule has 1 N–H and O–H groups in total. The Kier molecular flexibility index (Phi) is 6.28. The summed E-state index contributed by atoms with van der Waals surface area (Å²) in [5.41, 5.74) is 1.32. The summed E-state index contributed by atoms with van der Waals surface area (Å²) >= 11 is 0. The molecule has 0 aliphatic rings. The van der Waals surface area contributed by atoms with Crippen LogP contribution in [-0.2, 0) is 9.59 Å². The molecule has 2 amide bonds. The molecule has 0 spiro atoms. The highest BCUT2D eigenvalue weighted by Crippen LogP contribution is 2.16. The van der Waals surface area contributed by atoms with Gasteiger partial charge in [-0.3, -0.25) is 9.59 Å². The summed E-state index contributed by atoms with van der Waals surface area (Å²) in [6, 6.07) is 12.5. The van der Waals surface area contributed by atoms with Crippen molar-refractivity contribution >= 4 is 23.6 Å². The van der Waals surface area contributed by atoms with Crippen LogP contribution in [0.15, 0.2) is 54.6 Å². The molecule has 0 unspecified atom stereocenters. The van der Waals surface area contributed by atoms with Crippen LogP contribution in [0, 0.1) is 5.82 Å². The zero-order chi connectivity index (χ0) is 18.2. The molecule has 0 aliphatic heterocycles. The fraction of sp³-hybridized carbons (Fsp3) is 0.158. The van der Waals surface area contributed by atoms with E-state index in [1.807, 2.05) is 0 Å². The van der Waals surface area contributed by atoms with Crippen LogP contribution < -0.4 is 10.1 Å². The largest absolute Gasteiger partial charge is 0.484 e. The Morgan fingerprint density at radius 1 is 1.08 bits per heavy atom. The van der Waals surface area contributed by atoms with Gasteiger partial charge in [-0.25, -0.2) is 4.39 Å². The maximum atomic E-state index is 12.8. The number of hydrogen-bond acceptors (Lipinski definition) is 3. The van der Waals surface area contributed by atoms with Gasteiger partial charge in [0.2, 0.25) is 5.91 Å². The molecule has 25 heavy (non-hydrogen) atoms. The van der Waals surface area contributed by atoms with Gasteiger partial charge in [-0.15, -0.1) is 0 Å². The number of ether oxygens (including phenoxy) is 1. The highest BCUT2D eigenvalue weighted by molar-refractivity contribution is 6.01. The smallest absolute Gasteiger partial charge is 0.259 e. The second-order valence-corrected chi connectivity index (χ2v) is 5.48. The molecule has 0 atom stereocenters. The van der Waals surface area contributed by atoms with Crippen molar-refractivity contribution in [2.24, 2.45) is 0 Å². The third-order valence-electron chi connectivity index (χ3n) is 3.28. The van der Waals surface area contributed by atoms with Crippen LogP contribution in [0.1, 0.15) is 5.56 Å². The summed E-state index contributed by atoms with van der Waals surface area (Å²) in [4.78, 5) is 24.8. The van der Waals surface area contributed by atoms with Crippen LogP contribution in [-0.4, -0.2) is 37.4 Å². The lowest BCUT2D eigenvalue weighted by atomic mass is 10.2. The first-order chi connectivity index (χ1) is 11.9. The molecule has 0 aromatic heterocycles. The highest BCUT2D eigenvalue weighted by atomic mass is 19.1. The quantitative estimate of drug-likeness (QED) is 0.821. The lowest BCUT2D eigenvalue weighted by Crippen LogP contribution is -2.27. The van der Waals surface area contributed by atoms with Gasteiger partial charge < -0.3 is 15.0 Å². The van der Waals surface area contributed by atoms with Crippen molar-refractivity contribution in [3.63, 3.8) is 0 Å². The van der Waals surface area contributed by atoms with Gasteiger partial charge in [-0.2, -0.15) is 0 Å². The minimum absolute atomic E-state index is 0.0425. The average Bonchev–Trinajstić information content (AvgIpc) is 2.60. The van der Waals surface area contributed by atoms with Gasteiger partial charge in [0.15, 0.2) is 6.61 Å². The number of halogens is 1. The van der Waals surface area contributed by atoms with E-state index in [0.717, 1.165) is 5.56 Å². The minimum Gasteiger partial charge on any atom is -0.484 e. The summed E-state index contributed by atoms with van der Waals surface area (Å²) in [6.07, 6.45) is 2.96. The SMILES string of the molecule is CN(C)C(=O)COc1ccc(NC(=O)/C=C/c2ccc(F)cc2)cc1. The van der Waals surface area contributed by atoms with Gasteiger partial charge in [-0.1, -0.05) is 12.1 Å². The third-order valence-corrected chi connectivity index (χ3v) is 3.28. The van der Waals surface area contributed by atoms with Crippen molar-refractivity contribution in [1.29, 1.82) is 0 Å². The highest BCUT2D eigenvalue weighted by Gasteiger charge is 2.05. The number of nitrogens with zero attached hydrogens (tertiary/aromatic N) is 1. The van der Waals surface area contributed by atoms with Crippen molar-refractivity contribution in [2.45, 2.75) is 0 Å². The van der Waals surface area contributed by atoms with Gasteiger partial charge in [-0.05, 0) is 48.0 Å². The van der Waals surface area contributed by atoms with Gasteiger partial charge in [0, 0.05) is 25.9 Å². The van der Waals surface area contributed by atoms with Crippen LogP contribution in [0.4, 0.5) is 10.1 Å². The molecule has 2 rings (SSSR count). The van der Waals surface area contributed by atoms with Crippen molar-refractivity contribution in [3.05, 3.63) is 66.0 Å². The van der Waals surface area contributed by atoms with E-state index in [-0.39, 0.29) is 24.2 Å². The van der Waals surface area contributed by atoms with Gasteiger partial charge in [0.25, 0.3) is 5.91 Å². The fourth-order valence-electron chi connectivity index (χ4n) is 1.84. The van der Waals surface area contributed by atoms with Gasteiger partial charge in [0.1, 0.15) is 11.6 Å². The third kappa shape index (κ3) is 6.10. The van der Waals surface area contributed by atoms with Crippen molar-refractivity contribution in [3.8, 4) is 5.75 Å². The number of nitrogens with one attached hydrogen (secondary N) is 1. The first-order valence-corrected chi connectivity index (χ1v) is 7.62. The van der Waals surface area contributed by atoms with Gasteiger partial charge in [0.05, 0.1) is 0 Å². The van der Waals surface area contributed by atoms with E-state index in [9.17, 15) is 14.0 Å². The van der Waals surface area contributed by atoms with E-state index in [1.54, 1.807) is 56.6 Å². The summed E-state index contributed by atoms with van der Waals surface area (Å²) in [7, 11) is 3.31. The Morgan fingerprint density at radius 3 is 2.32 bits per heavy atom. The topological polar surface area (TPSA) is 58.6 Å². The van der Waals surface area contributed by atoms with E-state index < -0.39 is 0 Å². The Morgan fingerprint density at radius 2 is 1.72 bits per heavy atom. The first-order valence-electron chi connectivity index (χ1n) is 7.62. The molecule has 0 heterocycles. The van der Waals surface area contributed by atoms with Crippen LogP contribution >= 0.6 is 0 Å². The summed E-state index contributed by atoms with van der Waals surface area (Å²) < 4.78 is 18.2. The van der Waals surface area contributed by atoms with E-state index in [1.165, 1.54) is 23.1 Å². The number of carbonyl (C=O) groups excluding carboxylic acids is 2. The molecule has 2 aromatic rings. The monoisotopic (exact) mass is 342 g/mol. The number of anilines is 1. The van der Waals surface area contributed by atoms with Crippen molar-refractivity contribution in [1.82, 2.24) is 4.90 Å². The molecule has 130 valence electrons. The Labute approximate surface area is 145 Å². The molecule has 0 saturated carbocycles. The van der Waals surface area contributed by atoms with Crippen LogP contribution in [0.3, 0.4) is 0 Å². The number of likely N-dealkylation sites (N-methyl/N-ethyl adjacent to an activating group) is 1. The Hall–Kier alpha value is -3.15. The molecule has 6 heteroatoms. The number of amides is 2. The maximum absolute atomic E-state index is 12.8. The summed E-state index contributed by atoms with van der Waals surface area (Å²) in [5.74, 6) is -0.227. The van der Waals surface area contributed by atoms with E-state index in [2.05, 4.69) is 5.32 Å². The molecule has 0 fully saturated rings. The molecule has 0 bridgehead atoms. The molecule has 0 radical (unpaired) electrons. The Balaban J connectivity index is 1.86. The van der Waals surface area contributed by atoms with Crippen molar-refractivity contribution in [2.75, 3.05) is 26.0 Å². The minimum atomic E-state index is -0.323. The van der Waals surface area contributed by atoms with E-state index in [4.69, 9.17) is 4.74 Å². The number of hydrogen-bond donors (Lipinski definition) is 1. The maximum Gasteiger partial charge on any atom is 0.259 e. The molecular formula is C19H19FN2O3. The van der Waals surface area contributed by atoms with Gasteiger partial charge >= 0.3 is 0 Å². The molecule has 2 aromatic carbocycles. The predicted octanol–water partition coefficient (Wildman–Crippen LogP) is 2.94. The lowest BCUT2D eigenvalue weighted by Gasteiger charge is -2.11. The first kappa shape index (κ1) is 18.2. The van der Waals surface area contributed by atoms with E-state index >= 15 is 0 Å². The average molecular weight is 342 g/mol. The van der Waals surface area contributed by atoms with Crippen molar-refractivity contribution < 1.29 is 18.7 Å². The van der Waals surface area contributed by atoms with E-state index in [0.29, 0.717) is 11.4 Å². The molecule has 5 nitrogen and oxygen atoms in total. The van der Waals surface area contributed by atoms with Crippen LogP contribution in [0.5, 0.6) is 5.75 Å². The fourth-order valence-corrected chi connectivity index (χ4v) is 1.84. The van der Waals surface area contributed by atoms with Crippen LogP contribution in [0.2, 0.25) is 0 Å². The second kappa shape index (κ2) is 8.63. The Bertz CT molecular complexity index is 753. The normalized spacial score (nSPS) is 10.5. The zero-order valence-corrected chi connectivity index (χ0v) is 14.0. The molecule has 0 saturated heterocycles. The predicted molar refractivity (Wildman–Crippen MR) is 94.7 cm³/mol. The number of carbonyl (C=O) groups is 2. The summed E-state index contributed by atoms with van der Waals surface area (Å²) in [5, 5.41) is 2.70. The number of benzene rings is 2. The lowest BCUT2D eigenvalue weighted by molar-refractivity contribution is -0.130. The second-order valence-electron chi connectivity index (χ2n) is 5.48. The summed E-state index contributed by atoms with van der Waals surface area (Å²) in [6.45, 7) is -0.0425.